The minimum Gasteiger partial charge on any atom is -0.324 e. The van der Waals surface area contributed by atoms with Crippen LogP contribution in [0, 0.1) is 0 Å². The molecule has 21 heavy (non-hydrogen) atoms. The zero-order chi connectivity index (χ0) is 14.7. The Balaban J connectivity index is 1.58. The number of halogens is 1. The van der Waals surface area contributed by atoms with Crippen molar-refractivity contribution in [1.82, 2.24) is 5.32 Å². The summed E-state index contributed by atoms with van der Waals surface area (Å²) in [7, 11) is 0. The number of aryl methyl sites for hydroxylation is 1. The maximum absolute atomic E-state index is 12.1. The molecule has 2 aromatic rings. The highest BCUT2D eigenvalue weighted by Crippen LogP contribution is 2.36. The average Bonchev–Trinajstić information content (AvgIpc) is 2.82. The summed E-state index contributed by atoms with van der Waals surface area (Å²) in [6, 6.07) is 16.0. The largest absolute Gasteiger partial charge is 0.324 e. The van der Waals surface area contributed by atoms with Crippen molar-refractivity contribution >= 4 is 27.5 Å². The van der Waals surface area contributed by atoms with Gasteiger partial charge in [0.25, 0.3) is 0 Å². The van der Waals surface area contributed by atoms with Crippen molar-refractivity contribution in [1.29, 1.82) is 0 Å². The molecule has 108 valence electrons. The van der Waals surface area contributed by atoms with Crippen molar-refractivity contribution in [3.8, 4) is 0 Å². The Morgan fingerprint density at radius 3 is 2.71 bits per heavy atom. The lowest BCUT2D eigenvalue weighted by molar-refractivity contribution is -0.117. The molecule has 1 aliphatic heterocycles. The van der Waals surface area contributed by atoms with Crippen molar-refractivity contribution in [2.75, 3.05) is 11.9 Å². The standard InChI is InChI=1S/C17H17BrN2O/c18-13-9-4-10-14-15(13)16(17(21)20-14)19-11-5-8-12-6-2-1-3-7-12/h1-4,6-7,9-10,16,19H,5,8,11H2,(H,20,21). The summed E-state index contributed by atoms with van der Waals surface area (Å²) in [5, 5.41) is 6.27. The lowest BCUT2D eigenvalue weighted by Crippen LogP contribution is -2.28. The number of amides is 1. The van der Waals surface area contributed by atoms with E-state index in [9.17, 15) is 4.79 Å². The minimum absolute atomic E-state index is 0.0246. The van der Waals surface area contributed by atoms with E-state index in [1.807, 2.05) is 24.3 Å². The molecule has 0 saturated heterocycles. The summed E-state index contributed by atoms with van der Waals surface area (Å²) >= 11 is 3.53. The molecule has 3 nitrogen and oxygen atoms in total. The van der Waals surface area contributed by atoms with E-state index < -0.39 is 0 Å². The van der Waals surface area contributed by atoms with E-state index in [1.54, 1.807) is 0 Å². The molecule has 1 amide bonds. The van der Waals surface area contributed by atoms with Gasteiger partial charge in [-0.25, -0.2) is 0 Å². The van der Waals surface area contributed by atoms with Crippen LogP contribution in [0.15, 0.2) is 53.0 Å². The third-order valence-electron chi connectivity index (χ3n) is 3.70. The normalized spacial score (nSPS) is 16.6. The van der Waals surface area contributed by atoms with E-state index in [-0.39, 0.29) is 11.9 Å². The van der Waals surface area contributed by atoms with Crippen LogP contribution in [-0.4, -0.2) is 12.5 Å². The molecular weight excluding hydrogens is 328 g/mol. The third kappa shape index (κ3) is 3.17. The van der Waals surface area contributed by atoms with Crippen LogP contribution in [0.3, 0.4) is 0 Å². The Hall–Kier alpha value is -1.65. The molecule has 0 aliphatic carbocycles. The number of hydrogen-bond donors (Lipinski definition) is 2. The van der Waals surface area contributed by atoms with Crippen LogP contribution >= 0.6 is 15.9 Å². The zero-order valence-electron chi connectivity index (χ0n) is 11.6. The first kappa shape index (κ1) is 14.3. The molecule has 0 saturated carbocycles. The van der Waals surface area contributed by atoms with E-state index in [1.165, 1.54) is 5.56 Å². The molecule has 2 aromatic carbocycles. The van der Waals surface area contributed by atoms with Gasteiger partial charge in [-0.3, -0.25) is 4.79 Å². The van der Waals surface area contributed by atoms with Crippen LogP contribution in [0.1, 0.15) is 23.6 Å². The van der Waals surface area contributed by atoms with Gasteiger partial charge < -0.3 is 10.6 Å². The Morgan fingerprint density at radius 2 is 1.90 bits per heavy atom. The van der Waals surface area contributed by atoms with Crippen LogP contribution in [0.5, 0.6) is 0 Å². The third-order valence-corrected chi connectivity index (χ3v) is 4.39. The van der Waals surface area contributed by atoms with Crippen molar-refractivity contribution in [3.63, 3.8) is 0 Å². The van der Waals surface area contributed by atoms with Crippen LogP contribution in [0.25, 0.3) is 0 Å². The van der Waals surface area contributed by atoms with Gasteiger partial charge in [0, 0.05) is 15.7 Å². The van der Waals surface area contributed by atoms with Gasteiger partial charge in [-0.1, -0.05) is 52.3 Å². The fourth-order valence-electron chi connectivity index (χ4n) is 2.65. The summed E-state index contributed by atoms with van der Waals surface area (Å²) < 4.78 is 0.971. The Bertz CT molecular complexity index is 642. The van der Waals surface area contributed by atoms with E-state index >= 15 is 0 Å². The van der Waals surface area contributed by atoms with Crippen LogP contribution in [-0.2, 0) is 11.2 Å². The SMILES string of the molecule is O=C1Nc2cccc(Br)c2C1NCCCc1ccccc1. The molecule has 3 rings (SSSR count). The number of rotatable bonds is 5. The first-order valence-electron chi connectivity index (χ1n) is 7.12. The average molecular weight is 345 g/mol. The lowest BCUT2D eigenvalue weighted by Gasteiger charge is -2.12. The summed E-state index contributed by atoms with van der Waals surface area (Å²) in [5.41, 5.74) is 3.24. The Morgan fingerprint density at radius 1 is 1.10 bits per heavy atom. The number of benzene rings is 2. The molecule has 1 atom stereocenters. The molecule has 1 heterocycles. The highest BCUT2D eigenvalue weighted by molar-refractivity contribution is 9.10. The van der Waals surface area contributed by atoms with E-state index in [4.69, 9.17) is 0 Å². The summed E-state index contributed by atoms with van der Waals surface area (Å²) in [4.78, 5) is 12.1. The van der Waals surface area contributed by atoms with Gasteiger partial charge in [0.2, 0.25) is 5.91 Å². The smallest absolute Gasteiger partial charge is 0.246 e. The van der Waals surface area contributed by atoms with Gasteiger partial charge in [-0.2, -0.15) is 0 Å². The number of carbonyl (C=O) groups excluding carboxylic acids is 1. The number of fused-ring (bicyclic) bond motifs is 1. The monoisotopic (exact) mass is 344 g/mol. The molecular formula is C17H17BrN2O. The Kier molecular flexibility index (Phi) is 4.36. The number of hydrogen-bond acceptors (Lipinski definition) is 2. The fourth-order valence-corrected chi connectivity index (χ4v) is 3.25. The molecule has 0 spiro atoms. The Labute approximate surface area is 132 Å². The van der Waals surface area contributed by atoms with Crippen LogP contribution in [0.4, 0.5) is 5.69 Å². The molecule has 1 unspecified atom stereocenters. The van der Waals surface area contributed by atoms with Gasteiger partial charge in [0.1, 0.15) is 6.04 Å². The summed E-state index contributed by atoms with van der Waals surface area (Å²) in [5.74, 6) is 0.0246. The van der Waals surface area contributed by atoms with Crippen molar-refractivity contribution < 1.29 is 4.79 Å². The maximum atomic E-state index is 12.1. The van der Waals surface area contributed by atoms with Crippen molar-refractivity contribution in [2.45, 2.75) is 18.9 Å². The zero-order valence-corrected chi connectivity index (χ0v) is 13.2. The second-order valence-corrected chi connectivity index (χ2v) is 6.02. The molecule has 1 aliphatic rings. The van der Waals surface area contributed by atoms with Gasteiger partial charge in [-0.05, 0) is 37.1 Å². The molecule has 4 heteroatoms. The second-order valence-electron chi connectivity index (χ2n) is 5.17. The number of nitrogens with one attached hydrogen (secondary N) is 2. The van der Waals surface area contributed by atoms with Crippen molar-refractivity contribution in [2.24, 2.45) is 0 Å². The highest BCUT2D eigenvalue weighted by Gasteiger charge is 2.31. The predicted molar refractivity (Wildman–Crippen MR) is 88.3 cm³/mol. The topological polar surface area (TPSA) is 41.1 Å². The van der Waals surface area contributed by atoms with Gasteiger partial charge in [-0.15, -0.1) is 0 Å². The lowest BCUT2D eigenvalue weighted by atomic mass is 10.1. The second kappa shape index (κ2) is 6.41. The first-order valence-corrected chi connectivity index (χ1v) is 7.91. The van der Waals surface area contributed by atoms with Crippen LogP contribution in [0.2, 0.25) is 0 Å². The molecule has 0 fully saturated rings. The van der Waals surface area contributed by atoms with Gasteiger partial charge >= 0.3 is 0 Å². The molecule has 0 aromatic heterocycles. The molecule has 0 bridgehead atoms. The van der Waals surface area contributed by atoms with Gasteiger partial charge in [0.15, 0.2) is 0 Å². The van der Waals surface area contributed by atoms with E-state index in [0.29, 0.717) is 0 Å². The summed E-state index contributed by atoms with van der Waals surface area (Å²) in [6.07, 6.45) is 2.03. The first-order chi connectivity index (χ1) is 10.3. The molecule has 0 radical (unpaired) electrons. The van der Waals surface area contributed by atoms with Crippen LogP contribution < -0.4 is 10.6 Å². The minimum atomic E-state index is -0.258. The fraction of sp³-hybridized carbons (Fsp3) is 0.235. The quantitative estimate of drug-likeness (QED) is 0.812. The van der Waals surface area contributed by atoms with E-state index in [2.05, 4.69) is 50.8 Å². The van der Waals surface area contributed by atoms with E-state index in [0.717, 1.165) is 35.1 Å². The van der Waals surface area contributed by atoms with Crippen molar-refractivity contribution in [3.05, 3.63) is 64.1 Å². The number of carbonyl (C=O) groups is 1. The number of anilines is 1. The summed E-state index contributed by atoms with van der Waals surface area (Å²) in [6.45, 7) is 0.813. The maximum Gasteiger partial charge on any atom is 0.246 e. The molecule has 2 N–H and O–H groups in total. The predicted octanol–water partition coefficient (Wildman–Crippen LogP) is 3.66. The van der Waals surface area contributed by atoms with Gasteiger partial charge in [0.05, 0.1) is 0 Å². The highest BCUT2D eigenvalue weighted by atomic mass is 79.9.